The normalized spacial score (nSPS) is 12.4. The minimum absolute atomic E-state index is 0.0408. The van der Waals surface area contributed by atoms with Crippen LogP contribution in [0.4, 0.5) is 0 Å². The topological polar surface area (TPSA) is 63.0 Å². The van der Waals surface area contributed by atoms with Gasteiger partial charge in [0.25, 0.3) is 5.56 Å². The van der Waals surface area contributed by atoms with Crippen LogP contribution in [0, 0.1) is 13.8 Å². The van der Waals surface area contributed by atoms with Gasteiger partial charge in [0.15, 0.2) is 4.96 Å². The van der Waals surface area contributed by atoms with Gasteiger partial charge in [0.05, 0.1) is 27.5 Å². The van der Waals surface area contributed by atoms with Gasteiger partial charge in [-0.25, -0.2) is 9.38 Å². The van der Waals surface area contributed by atoms with Gasteiger partial charge in [0.2, 0.25) is 0 Å². The van der Waals surface area contributed by atoms with Crippen LogP contribution >= 0.6 is 11.3 Å². The van der Waals surface area contributed by atoms with Crippen molar-refractivity contribution in [2.75, 3.05) is 0 Å². The van der Waals surface area contributed by atoms with E-state index in [1.807, 2.05) is 48.5 Å². The molecule has 27 heavy (non-hydrogen) atoms. The van der Waals surface area contributed by atoms with E-state index in [9.17, 15) is 4.79 Å². The molecule has 5 aromatic rings. The monoisotopic (exact) mass is 372 g/mol. The van der Waals surface area contributed by atoms with Crippen LogP contribution in [0.2, 0.25) is 0 Å². The molecule has 0 amide bonds. The lowest BCUT2D eigenvalue weighted by Gasteiger charge is -1.99. The lowest BCUT2D eigenvalue weighted by Crippen LogP contribution is -2.22. The van der Waals surface area contributed by atoms with Gasteiger partial charge in [-0.2, -0.15) is 5.10 Å². The standard InChI is InChI=1S/C21H16N4OS/c1-12-8-16-17(9-13(12)2)25-20(26)18(27-21(25)23-16)10-15-11-22-24-19(15)14-6-4-3-5-7-14/h3-11H,1-2H3,(H,22,24)/b18-10-. The summed E-state index contributed by atoms with van der Waals surface area (Å²) in [4.78, 5) is 18.4. The van der Waals surface area contributed by atoms with Gasteiger partial charge in [0, 0.05) is 11.1 Å². The molecule has 0 saturated heterocycles. The van der Waals surface area contributed by atoms with Crippen LogP contribution in [0.3, 0.4) is 0 Å². The summed E-state index contributed by atoms with van der Waals surface area (Å²) in [6.07, 6.45) is 3.64. The summed E-state index contributed by atoms with van der Waals surface area (Å²) in [5.74, 6) is 0. The second-order valence-corrected chi connectivity index (χ2v) is 7.65. The minimum Gasteiger partial charge on any atom is -0.277 e. The summed E-state index contributed by atoms with van der Waals surface area (Å²) in [5, 5.41) is 7.19. The van der Waals surface area contributed by atoms with E-state index in [1.54, 1.807) is 10.6 Å². The Morgan fingerprint density at radius 3 is 2.70 bits per heavy atom. The maximum absolute atomic E-state index is 13.0. The molecule has 0 aliphatic carbocycles. The van der Waals surface area contributed by atoms with Gasteiger partial charge in [-0.15, -0.1) is 0 Å². The van der Waals surface area contributed by atoms with Gasteiger partial charge in [0.1, 0.15) is 0 Å². The smallest absolute Gasteiger partial charge is 0.274 e. The van der Waals surface area contributed by atoms with E-state index in [2.05, 4.69) is 29.0 Å². The SMILES string of the molecule is Cc1cc2nc3s/c(=C\c4cn[nH]c4-c4ccccc4)c(=O)n3c2cc1C. The molecule has 0 saturated carbocycles. The quantitative estimate of drug-likeness (QED) is 0.516. The van der Waals surface area contributed by atoms with E-state index in [0.717, 1.165) is 38.4 Å². The van der Waals surface area contributed by atoms with Crippen molar-refractivity contribution in [3.8, 4) is 11.3 Å². The van der Waals surface area contributed by atoms with Crippen molar-refractivity contribution < 1.29 is 0 Å². The second-order valence-electron chi connectivity index (χ2n) is 6.64. The minimum atomic E-state index is -0.0408. The molecule has 0 bridgehead atoms. The van der Waals surface area contributed by atoms with Crippen molar-refractivity contribution in [3.63, 3.8) is 0 Å². The number of rotatable bonds is 2. The van der Waals surface area contributed by atoms with Crippen molar-refractivity contribution in [2.45, 2.75) is 13.8 Å². The van der Waals surface area contributed by atoms with Crippen LogP contribution in [-0.4, -0.2) is 19.6 Å². The highest BCUT2D eigenvalue weighted by Gasteiger charge is 2.13. The van der Waals surface area contributed by atoms with Crippen LogP contribution in [0.1, 0.15) is 16.7 Å². The zero-order chi connectivity index (χ0) is 18.5. The van der Waals surface area contributed by atoms with Gasteiger partial charge in [-0.05, 0) is 43.2 Å². The summed E-state index contributed by atoms with van der Waals surface area (Å²) in [5.41, 5.74) is 6.84. The van der Waals surface area contributed by atoms with Crippen molar-refractivity contribution in [3.05, 3.63) is 80.2 Å². The number of nitrogens with one attached hydrogen (secondary N) is 1. The molecule has 0 fully saturated rings. The number of hydrogen-bond donors (Lipinski definition) is 1. The average molecular weight is 372 g/mol. The fourth-order valence-electron chi connectivity index (χ4n) is 3.30. The number of imidazole rings is 1. The van der Waals surface area contributed by atoms with E-state index < -0.39 is 0 Å². The van der Waals surface area contributed by atoms with Crippen LogP contribution in [0.15, 0.2) is 53.5 Å². The molecule has 3 heterocycles. The number of thiazole rings is 1. The number of aromatic nitrogens is 4. The van der Waals surface area contributed by atoms with E-state index in [0.29, 0.717) is 4.53 Å². The third-order valence-corrected chi connectivity index (χ3v) is 5.84. The molecule has 3 aromatic heterocycles. The third-order valence-electron chi connectivity index (χ3n) is 4.87. The Bertz CT molecular complexity index is 1410. The maximum Gasteiger partial charge on any atom is 0.274 e. The molecule has 0 aliphatic heterocycles. The van der Waals surface area contributed by atoms with Gasteiger partial charge < -0.3 is 0 Å². The zero-order valence-corrected chi connectivity index (χ0v) is 15.7. The van der Waals surface area contributed by atoms with Crippen LogP contribution in [-0.2, 0) is 0 Å². The molecule has 0 unspecified atom stereocenters. The Morgan fingerprint density at radius 1 is 1.11 bits per heavy atom. The molecule has 0 radical (unpaired) electrons. The molecule has 0 atom stereocenters. The number of fused-ring (bicyclic) bond motifs is 3. The number of hydrogen-bond acceptors (Lipinski definition) is 4. The van der Waals surface area contributed by atoms with Crippen LogP contribution in [0.25, 0.3) is 33.3 Å². The Kier molecular flexibility index (Phi) is 3.48. The molecule has 0 spiro atoms. The van der Waals surface area contributed by atoms with Gasteiger partial charge in [-0.3, -0.25) is 9.89 Å². The molecule has 2 aromatic carbocycles. The second kappa shape index (κ2) is 5.89. The molecule has 0 aliphatic rings. The number of H-pyrrole nitrogens is 1. The lowest BCUT2D eigenvalue weighted by molar-refractivity contribution is 1.10. The Hall–Kier alpha value is -3.25. The Labute approximate surface area is 158 Å². The van der Waals surface area contributed by atoms with E-state index in [4.69, 9.17) is 0 Å². The molecule has 6 heteroatoms. The first kappa shape index (κ1) is 16.0. The lowest BCUT2D eigenvalue weighted by atomic mass is 10.1. The predicted molar refractivity (Wildman–Crippen MR) is 109 cm³/mol. The summed E-state index contributed by atoms with van der Waals surface area (Å²) in [6, 6.07) is 14.0. The largest absolute Gasteiger partial charge is 0.277 e. The Morgan fingerprint density at radius 2 is 1.89 bits per heavy atom. The van der Waals surface area contributed by atoms with Crippen molar-refractivity contribution >= 4 is 33.4 Å². The molecular weight excluding hydrogens is 356 g/mol. The van der Waals surface area contributed by atoms with Crippen LogP contribution < -0.4 is 10.1 Å². The average Bonchev–Trinajstić information content (AvgIpc) is 3.33. The van der Waals surface area contributed by atoms with Gasteiger partial charge >= 0.3 is 0 Å². The van der Waals surface area contributed by atoms with E-state index in [-0.39, 0.29) is 5.56 Å². The van der Waals surface area contributed by atoms with E-state index in [1.165, 1.54) is 16.9 Å². The van der Waals surface area contributed by atoms with Crippen molar-refractivity contribution in [1.82, 2.24) is 19.6 Å². The van der Waals surface area contributed by atoms with Crippen molar-refractivity contribution in [1.29, 1.82) is 0 Å². The highest BCUT2D eigenvalue weighted by atomic mass is 32.1. The zero-order valence-electron chi connectivity index (χ0n) is 14.9. The third kappa shape index (κ3) is 2.49. The predicted octanol–water partition coefficient (Wildman–Crippen LogP) is 3.46. The fraction of sp³-hybridized carbons (Fsp3) is 0.0952. The van der Waals surface area contributed by atoms with Gasteiger partial charge in [-0.1, -0.05) is 41.7 Å². The summed E-state index contributed by atoms with van der Waals surface area (Å²) in [6.45, 7) is 4.11. The fourth-order valence-corrected chi connectivity index (χ4v) is 4.28. The summed E-state index contributed by atoms with van der Waals surface area (Å²) < 4.78 is 2.36. The maximum atomic E-state index is 13.0. The molecule has 1 N–H and O–H groups in total. The molecule has 132 valence electrons. The summed E-state index contributed by atoms with van der Waals surface area (Å²) in [7, 11) is 0. The van der Waals surface area contributed by atoms with Crippen molar-refractivity contribution in [2.24, 2.45) is 0 Å². The number of benzene rings is 2. The Balaban J connectivity index is 1.73. The number of aromatic amines is 1. The highest BCUT2D eigenvalue weighted by Crippen LogP contribution is 2.22. The van der Waals surface area contributed by atoms with E-state index >= 15 is 0 Å². The molecular formula is C21H16N4OS. The number of nitrogens with zero attached hydrogens (tertiary/aromatic N) is 3. The highest BCUT2D eigenvalue weighted by molar-refractivity contribution is 7.15. The molecule has 5 rings (SSSR count). The first-order valence-corrected chi connectivity index (χ1v) is 9.46. The first-order valence-electron chi connectivity index (χ1n) is 8.64. The number of aryl methyl sites for hydroxylation is 2. The van der Waals surface area contributed by atoms with Crippen LogP contribution in [0.5, 0.6) is 0 Å². The first-order chi connectivity index (χ1) is 13.1. The summed E-state index contributed by atoms with van der Waals surface area (Å²) >= 11 is 1.41. The molecule has 5 nitrogen and oxygen atoms in total.